The van der Waals surface area contributed by atoms with E-state index in [1.54, 1.807) is 0 Å². The van der Waals surface area contributed by atoms with Crippen LogP contribution < -0.4 is 5.32 Å². The van der Waals surface area contributed by atoms with Crippen molar-refractivity contribution >= 4 is 0 Å². The van der Waals surface area contributed by atoms with Gasteiger partial charge in [-0.2, -0.15) is 0 Å². The second kappa shape index (κ2) is 6.49. The van der Waals surface area contributed by atoms with Crippen molar-refractivity contribution in [3.05, 3.63) is 0 Å². The monoisotopic (exact) mass is 210 g/mol. The zero-order valence-corrected chi connectivity index (χ0v) is 10.0. The van der Waals surface area contributed by atoms with E-state index >= 15 is 0 Å². The summed E-state index contributed by atoms with van der Waals surface area (Å²) in [5.74, 6) is 0. The minimum Gasteiger partial charge on any atom is -0.315 e. The van der Waals surface area contributed by atoms with E-state index in [1.807, 2.05) is 0 Å². The molecule has 2 rings (SSSR count). The van der Waals surface area contributed by atoms with E-state index in [0.29, 0.717) is 0 Å². The minimum atomic E-state index is 0.839. The molecule has 1 unspecified atom stereocenters. The Balaban J connectivity index is 1.82. The Bertz CT molecular complexity index is 154. The van der Waals surface area contributed by atoms with Crippen LogP contribution in [0.2, 0.25) is 0 Å². The molecule has 0 spiro atoms. The van der Waals surface area contributed by atoms with Gasteiger partial charge in [-0.3, -0.25) is 4.90 Å². The van der Waals surface area contributed by atoms with Crippen molar-refractivity contribution in [1.82, 2.24) is 10.2 Å². The van der Waals surface area contributed by atoms with Crippen molar-refractivity contribution in [1.29, 1.82) is 0 Å². The minimum absolute atomic E-state index is 0.839. The van der Waals surface area contributed by atoms with Gasteiger partial charge in [0.05, 0.1) is 0 Å². The van der Waals surface area contributed by atoms with Gasteiger partial charge in [-0.25, -0.2) is 0 Å². The highest BCUT2D eigenvalue weighted by molar-refractivity contribution is 4.78. The molecule has 1 atom stereocenters. The van der Waals surface area contributed by atoms with Crippen LogP contribution in [-0.4, -0.2) is 37.1 Å². The molecule has 2 nitrogen and oxygen atoms in total. The van der Waals surface area contributed by atoms with Gasteiger partial charge in [0.1, 0.15) is 0 Å². The number of nitrogens with one attached hydrogen (secondary N) is 1. The zero-order chi connectivity index (χ0) is 10.3. The highest BCUT2D eigenvalue weighted by Gasteiger charge is 2.19. The molecule has 2 heterocycles. The molecule has 0 amide bonds. The molecule has 0 aromatic rings. The average Bonchev–Trinajstić information content (AvgIpc) is 2.45. The summed E-state index contributed by atoms with van der Waals surface area (Å²) < 4.78 is 0. The second-order valence-corrected chi connectivity index (χ2v) is 5.16. The number of nitrogens with zero attached hydrogens (tertiary/aromatic N) is 1. The van der Waals surface area contributed by atoms with Crippen molar-refractivity contribution in [3.8, 4) is 0 Å². The Labute approximate surface area is 94.4 Å². The Kier molecular flexibility index (Phi) is 4.94. The van der Waals surface area contributed by atoms with Gasteiger partial charge >= 0.3 is 0 Å². The fraction of sp³-hybridized carbons (Fsp3) is 1.00. The van der Waals surface area contributed by atoms with E-state index in [9.17, 15) is 0 Å². The lowest BCUT2D eigenvalue weighted by Gasteiger charge is -2.32. The van der Waals surface area contributed by atoms with E-state index in [1.165, 1.54) is 77.5 Å². The molecule has 2 aliphatic rings. The Morgan fingerprint density at radius 3 is 2.33 bits per heavy atom. The van der Waals surface area contributed by atoms with Crippen LogP contribution in [0.15, 0.2) is 0 Å². The number of likely N-dealkylation sites (tertiary alicyclic amines) is 1. The molecule has 0 aliphatic carbocycles. The first-order chi connectivity index (χ1) is 7.47. The highest BCUT2D eigenvalue weighted by atomic mass is 15.2. The van der Waals surface area contributed by atoms with E-state index in [-0.39, 0.29) is 0 Å². The SMILES string of the molecule is C1CCCN(C2CCCCNC2)CCC1. The Hall–Kier alpha value is -0.0800. The quantitative estimate of drug-likeness (QED) is 0.715. The molecule has 88 valence electrons. The van der Waals surface area contributed by atoms with Crippen molar-refractivity contribution in [2.45, 2.75) is 57.4 Å². The van der Waals surface area contributed by atoms with Crippen molar-refractivity contribution in [2.75, 3.05) is 26.2 Å². The fourth-order valence-corrected chi connectivity index (χ4v) is 2.95. The molecule has 2 heteroatoms. The summed E-state index contributed by atoms with van der Waals surface area (Å²) >= 11 is 0. The molecule has 0 bridgehead atoms. The van der Waals surface area contributed by atoms with E-state index < -0.39 is 0 Å². The van der Waals surface area contributed by atoms with E-state index in [0.717, 1.165) is 6.04 Å². The van der Waals surface area contributed by atoms with Crippen LogP contribution in [0.1, 0.15) is 51.4 Å². The predicted octanol–water partition coefficient (Wildman–Crippen LogP) is 2.39. The summed E-state index contributed by atoms with van der Waals surface area (Å²) in [6.07, 6.45) is 11.5. The summed E-state index contributed by atoms with van der Waals surface area (Å²) in [7, 11) is 0. The van der Waals surface area contributed by atoms with Crippen LogP contribution in [0.4, 0.5) is 0 Å². The second-order valence-electron chi connectivity index (χ2n) is 5.16. The first-order valence-electron chi connectivity index (χ1n) is 6.91. The van der Waals surface area contributed by atoms with Gasteiger partial charge in [0, 0.05) is 12.6 Å². The highest BCUT2D eigenvalue weighted by Crippen LogP contribution is 2.16. The van der Waals surface area contributed by atoms with Gasteiger partial charge in [-0.05, 0) is 45.3 Å². The van der Waals surface area contributed by atoms with Crippen LogP contribution in [0.5, 0.6) is 0 Å². The molecular weight excluding hydrogens is 184 g/mol. The first-order valence-corrected chi connectivity index (χ1v) is 6.91. The molecular formula is C13H26N2. The lowest BCUT2D eigenvalue weighted by molar-refractivity contribution is 0.171. The van der Waals surface area contributed by atoms with Crippen LogP contribution in [0.3, 0.4) is 0 Å². The Morgan fingerprint density at radius 2 is 1.53 bits per heavy atom. The van der Waals surface area contributed by atoms with Crippen LogP contribution >= 0.6 is 0 Å². The molecule has 2 saturated heterocycles. The predicted molar refractivity (Wildman–Crippen MR) is 65.2 cm³/mol. The topological polar surface area (TPSA) is 15.3 Å². The Morgan fingerprint density at radius 1 is 0.800 bits per heavy atom. The maximum absolute atomic E-state index is 3.59. The average molecular weight is 210 g/mol. The summed E-state index contributed by atoms with van der Waals surface area (Å²) in [5, 5.41) is 3.59. The van der Waals surface area contributed by atoms with Gasteiger partial charge in [0.2, 0.25) is 0 Å². The maximum atomic E-state index is 3.59. The van der Waals surface area contributed by atoms with Crippen molar-refractivity contribution in [3.63, 3.8) is 0 Å². The smallest absolute Gasteiger partial charge is 0.0220 e. The van der Waals surface area contributed by atoms with Gasteiger partial charge in [-0.1, -0.05) is 25.7 Å². The largest absolute Gasteiger partial charge is 0.315 e. The number of rotatable bonds is 1. The van der Waals surface area contributed by atoms with E-state index in [2.05, 4.69) is 10.2 Å². The van der Waals surface area contributed by atoms with Gasteiger partial charge in [-0.15, -0.1) is 0 Å². The molecule has 0 saturated carbocycles. The molecule has 2 fully saturated rings. The standard InChI is InChI=1S/C13H26N2/c1-2-6-10-15(11-7-3-1)13-8-4-5-9-14-12-13/h13-14H,1-12H2. The van der Waals surface area contributed by atoms with Crippen molar-refractivity contribution < 1.29 is 0 Å². The molecule has 2 aliphatic heterocycles. The molecule has 0 aromatic heterocycles. The third-order valence-electron chi connectivity index (χ3n) is 3.93. The fourth-order valence-electron chi connectivity index (χ4n) is 2.95. The summed E-state index contributed by atoms with van der Waals surface area (Å²) in [6.45, 7) is 5.18. The van der Waals surface area contributed by atoms with Crippen LogP contribution in [0, 0.1) is 0 Å². The third kappa shape index (κ3) is 3.76. The summed E-state index contributed by atoms with van der Waals surface area (Å²) in [6, 6.07) is 0.839. The maximum Gasteiger partial charge on any atom is 0.0220 e. The normalized spacial score (nSPS) is 31.6. The van der Waals surface area contributed by atoms with E-state index in [4.69, 9.17) is 0 Å². The zero-order valence-electron chi connectivity index (χ0n) is 10.0. The summed E-state index contributed by atoms with van der Waals surface area (Å²) in [5.41, 5.74) is 0. The molecule has 0 radical (unpaired) electrons. The molecule has 1 N–H and O–H groups in total. The van der Waals surface area contributed by atoms with Crippen molar-refractivity contribution in [2.24, 2.45) is 0 Å². The van der Waals surface area contributed by atoms with Crippen LogP contribution in [0.25, 0.3) is 0 Å². The third-order valence-corrected chi connectivity index (χ3v) is 3.93. The first kappa shape index (κ1) is 11.4. The van der Waals surface area contributed by atoms with Gasteiger partial charge in [0.15, 0.2) is 0 Å². The number of hydrogen-bond acceptors (Lipinski definition) is 2. The van der Waals surface area contributed by atoms with Gasteiger partial charge < -0.3 is 5.32 Å². The van der Waals surface area contributed by atoms with Gasteiger partial charge in [0.25, 0.3) is 0 Å². The van der Waals surface area contributed by atoms with Crippen LogP contribution in [-0.2, 0) is 0 Å². The summed E-state index contributed by atoms with van der Waals surface area (Å²) in [4.78, 5) is 2.76. The number of hydrogen-bond donors (Lipinski definition) is 1. The lowest BCUT2D eigenvalue weighted by atomic mass is 10.0. The molecule has 0 aromatic carbocycles. The molecule has 15 heavy (non-hydrogen) atoms. The lowest BCUT2D eigenvalue weighted by Crippen LogP contribution is -2.42.